The largest absolute Gasteiger partial charge is 0.464 e. The van der Waals surface area contributed by atoms with E-state index < -0.39 is 59.4 Å². The minimum absolute atomic E-state index is 0.0322. The summed E-state index contributed by atoms with van der Waals surface area (Å²) in [7, 11) is 1.19. The molecule has 0 saturated carbocycles. The average Bonchev–Trinajstić information content (AvgIpc) is 3.44. The molecule has 3 aliphatic rings. The van der Waals surface area contributed by atoms with Gasteiger partial charge in [-0.15, -0.1) is 0 Å². The number of rotatable bonds is 2. The zero-order valence-electron chi connectivity index (χ0n) is 22.0. The maximum Gasteiger partial charge on any atom is 0.407 e. The standard InChI is InChI=1S/C25H37N5O7/c1-13(2)16-6-8-30-18(16)21(32)27-15(12-26)10-14-11-17(28-20(14)31)23(34)37-9-7-25(3,4)19(22(30)33)29-24(35)36-5/h13-19H,6-11H2,1-5H3,(H,27,32)(H,28,31)(H,29,35)/t14?,15-,16+,17-,18-,19+/m0/s1. The minimum Gasteiger partial charge on any atom is -0.464 e. The van der Waals surface area contributed by atoms with Crippen LogP contribution in [-0.4, -0.2) is 79.1 Å². The SMILES string of the molecule is COC(=O)N[C@@H]1C(=O)N2CC[C@H](C(C)C)[C@H]2C(=O)N[C@H](C#N)CC2C[C@H](NC2=O)C(=O)OCCC1(C)C. The molecule has 0 radical (unpaired) electrons. The Morgan fingerprint density at radius 3 is 2.51 bits per heavy atom. The van der Waals surface area contributed by atoms with E-state index in [2.05, 4.69) is 16.0 Å². The van der Waals surface area contributed by atoms with Gasteiger partial charge in [0, 0.05) is 12.5 Å². The zero-order chi connectivity index (χ0) is 27.5. The van der Waals surface area contributed by atoms with Crippen molar-refractivity contribution in [3.05, 3.63) is 0 Å². The highest BCUT2D eigenvalue weighted by Crippen LogP contribution is 2.35. The Hall–Kier alpha value is -3.36. The Kier molecular flexibility index (Phi) is 8.66. The molecule has 12 heteroatoms. The van der Waals surface area contributed by atoms with Crippen LogP contribution in [0.3, 0.4) is 0 Å². The molecule has 0 aromatic carbocycles. The normalized spacial score (nSPS) is 32.6. The smallest absolute Gasteiger partial charge is 0.407 e. The second-order valence-corrected chi connectivity index (χ2v) is 11.1. The molecule has 3 N–H and O–H groups in total. The maximum atomic E-state index is 13.9. The summed E-state index contributed by atoms with van der Waals surface area (Å²) in [5, 5.41) is 17.7. The number of amides is 4. The highest BCUT2D eigenvalue weighted by molar-refractivity contribution is 5.93. The number of nitriles is 1. The highest BCUT2D eigenvalue weighted by atomic mass is 16.5. The summed E-state index contributed by atoms with van der Waals surface area (Å²) in [5.41, 5.74) is -0.893. The first kappa shape index (κ1) is 28.2. The van der Waals surface area contributed by atoms with Crippen molar-refractivity contribution in [1.29, 1.82) is 5.26 Å². The third-order valence-electron chi connectivity index (χ3n) is 7.80. The lowest BCUT2D eigenvalue weighted by Gasteiger charge is -2.38. The molecule has 3 aliphatic heterocycles. The number of nitrogens with zero attached hydrogens (tertiary/aromatic N) is 2. The van der Waals surface area contributed by atoms with Gasteiger partial charge in [-0.25, -0.2) is 9.59 Å². The van der Waals surface area contributed by atoms with Crippen molar-refractivity contribution in [2.75, 3.05) is 20.3 Å². The average molecular weight is 520 g/mol. The summed E-state index contributed by atoms with van der Waals surface area (Å²) in [6.07, 6.45) is 0.184. The van der Waals surface area contributed by atoms with Gasteiger partial charge in [-0.05, 0) is 42.9 Å². The Bertz CT molecular complexity index is 975. The lowest BCUT2D eigenvalue weighted by Crippen LogP contribution is -2.60. The molecule has 0 spiro atoms. The van der Waals surface area contributed by atoms with Gasteiger partial charge in [0.1, 0.15) is 24.2 Å². The molecular weight excluding hydrogens is 482 g/mol. The van der Waals surface area contributed by atoms with Crippen molar-refractivity contribution < 1.29 is 33.4 Å². The molecular formula is C25H37N5O7. The van der Waals surface area contributed by atoms with Crippen molar-refractivity contribution in [2.45, 2.75) is 77.5 Å². The summed E-state index contributed by atoms with van der Waals surface area (Å²) in [6, 6.07) is -1.73. The molecule has 3 saturated heterocycles. The van der Waals surface area contributed by atoms with Crippen LogP contribution in [0.2, 0.25) is 0 Å². The zero-order valence-corrected chi connectivity index (χ0v) is 22.0. The van der Waals surface area contributed by atoms with E-state index in [0.717, 1.165) is 0 Å². The summed E-state index contributed by atoms with van der Waals surface area (Å²) < 4.78 is 10.2. The molecule has 6 atom stereocenters. The van der Waals surface area contributed by atoms with E-state index in [9.17, 15) is 29.2 Å². The van der Waals surface area contributed by atoms with Crippen LogP contribution < -0.4 is 16.0 Å². The van der Waals surface area contributed by atoms with Gasteiger partial charge in [0.15, 0.2) is 0 Å². The molecule has 3 rings (SSSR count). The molecule has 3 heterocycles. The van der Waals surface area contributed by atoms with Gasteiger partial charge < -0.3 is 30.3 Å². The predicted octanol–water partition coefficient (Wildman–Crippen LogP) is 0.460. The molecule has 0 aromatic heterocycles. The molecule has 0 aromatic rings. The number of nitrogens with one attached hydrogen (secondary N) is 3. The molecule has 0 aliphatic carbocycles. The number of alkyl carbamates (subject to hydrolysis) is 1. The van der Waals surface area contributed by atoms with Crippen LogP contribution in [0.5, 0.6) is 0 Å². The van der Waals surface area contributed by atoms with E-state index >= 15 is 0 Å². The molecule has 12 nitrogen and oxygen atoms in total. The van der Waals surface area contributed by atoms with Gasteiger partial charge >= 0.3 is 12.1 Å². The number of cyclic esters (lactones) is 1. The summed E-state index contributed by atoms with van der Waals surface area (Å²) in [6.45, 7) is 7.71. The molecule has 2 bridgehead atoms. The van der Waals surface area contributed by atoms with Gasteiger partial charge in [0.05, 0.1) is 19.8 Å². The number of carbonyl (C=O) groups is 5. The Morgan fingerprint density at radius 2 is 1.89 bits per heavy atom. The summed E-state index contributed by atoms with van der Waals surface area (Å²) in [5.74, 6) is -2.65. The van der Waals surface area contributed by atoms with Gasteiger partial charge in [0.25, 0.3) is 0 Å². The number of hydrogen-bond donors (Lipinski definition) is 3. The van der Waals surface area contributed by atoms with Gasteiger partial charge in [-0.3, -0.25) is 14.4 Å². The second-order valence-electron chi connectivity index (χ2n) is 11.1. The number of fused-ring (bicyclic) bond motifs is 3. The van der Waals surface area contributed by atoms with E-state index in [1.54, 1.807) is 13.8 Å². The van der Waals surface area contributed by atoms with E-state index in [0.29, 0.717) is 13.0 Å². The van der Waals surface area contributed by atoms with Crippen molar-refractivity contribution in [3.8, 4) is 6.07 Å². The number of esters is 1. The van der Waals surface area contributed by atoms with E-state index in [4.69, 9.17) is 9.47 Å². The predicted molar refractivity (Wildman–Crippen MR) is 129 cm³/mol. The molecule has 4 amide bonds. The number of ether oxygens (including phenoxy) is 2. The first-order valence-electron chi connectivity index (χ1n) is 12.7. The fourth-order valence-corrected chi connectivity index (χ4v) is 5.47. The lowest BCUT2D eigenvalue weighted by molar-refractivity contribution is -0.148. The van der Waals surface area contributed by atoms with Crippen molar-refractivity contribution >= 4 is 29.8 Å². The van der Waals surface area contributed by atoms with Crippen molar-refractivity contribution in [3.63, 3.8) is 0 Å². The van der Waals surface area contributed by atoms with Crippen molar-refractivity contribution in [2.24, 2.45) is 23.2 Å². The second kappa shape index (κ2) is 11.4. The fourth-order valence-electron chi connectivity index (χ4n) is 5.47. The van der Waals surface area contributed by atoms with Gasteiger partial charge in [-0.2, -0.15) is 5.26 Å². The van der Waals surface area contributed by atoms with E-state index in [1.165, 1.54) is 12.0 Å². The molecule has 204 valence electrons. The molecule has 1 unspecified atom stereocenters. The van der Waals surface area contributed by atoms with E-state index in [-0.39, 0.29) is 43.6 Å². The van der Waals surface area contributed by atoms with Crippen LogP contribution in [0.25, 0.3) is 0 Å². The minimum atomic E-state index is -1.07. The van der Waals surface area contributed by atoms with Crippen LogP contribution in [0, 0.1) is 34.5 Å². The van der Waals surface area contributed by atoms with Crippen LogP contribution in [0.4, 0.5) is 4.79 Å². The van der Waals surface area contributed by atoms with Crippen LogP contribution in [-0.2, 0) is 28.7 Å². The first-order valence-corrected chi connectivity index (χ1v) is 12.7. The third kappa shape index (κ3) is 6.14. The number of carbonyl (C=O) groups excluding carboxylic acids is 5. The fraction of sp³-hybridized carbons (Fsp3) is 0.760. The van der Waals surface area contributed by atoms with Gasteiger partial charge in [-0.1, -0.05) is 27.7 Å². The van der Waals surface area contributed by atoms with Crippen molar-refractivity contribution in [1.82, 2.24) is 20.9 Å². The van der Waals surface area contributed by atoms with E-state index in [1.807, 2.05) is 19.9 Å². The Labute approximate surface area is 216 Å². The van der Waals surface area contributed by atoms with Crippen LogP contribution in [0.15, 0.2) is 0 Å². The topological polar surface area (TPSA) is 167 Å². The molecule has 37 heavy (non-hydrogen) atoms. The lowest BCUT2D eigenvalue weighted by atomic mass is 9.80. The van der Waals surface area contributed by atoms with Crippen LogP contribution >= 0.6 is 0 Å². The third-order valence-corrected chi connectivity index (χ3v) is 7.80. The quantitative estimate of drug-likeness (QED) is 0.442. The Balaban J connectivity index is 2.00. The van der Waals surface area contributed by atoms with Crippen LogP contribution in [0.1, 0.15) is 53.4 Å². The monoisotopic (exact) mass is 519 g/mol. The maximum absolute atomic E-state index is 13.9. The molecule has 3 fully saturated rings. The number of methoxy groups -OCH3 is 1. The number of hydrogen-bond acceptors (Lipinski definition) is 8. The highest BCUT2D eigenvalue weighted by Gasteiger charge is 2.49. The first-order chi connectivity index (χ1) is 17.4. The summed E-state index contributed by atoms with van der Waals surface area (Å²) >= 11 is 0. The Morgan fingerprint density at radius 1 is 1.19 bits per heavy atom. The summed E-state index contributed by atoms with van der Waals surface area (Å²) in [4.78, 5) is 66.3. The van der Waals surface area contributed by atoms with Gasteiger partial charge in [0.2, 0.25) is 17.7 Å².